The minimum absolute atomic E-state index is 0.0930. The van der Waals surface area contributed by atoms with Crippen LogP contribution in [-0.4, -0.2) is 12.0 Å². The molecule has 20 heavy (non-hydrogen) atoms. The Morgan fingerprint density at radius 2 is 1.95 bits per heavy atom. The summed E-state index contributed by atoms with van der Waals surface area (Å²) in [5, 5.41) is 14.5. The van der Waals surface area contributed by atoms with Gasteiger partial charge in [-0.2, -0.15) is 0 Å². The van der Waals surface area contributed by atoms with Crippen molar-refractivity contribution in [1.82, 2.24) is 0 Å². The molecule has 0 bridgehead atoms. The number of nitrogens with one attached hydrogen (secondary N) is 1. The SMILES string of the molecule is CNc1cc(SCc2ccc(Cl)cc2)cc([N+](=O)[O-])c1. The third-order valence-electron chi connectivity index (χ3n) is 2.71. The molecule has 0 saturated heterocycles. The summed E-state index contributed by atoms with van der Waals surface area (Å²) in [5.41, 5.74) is 1.95. The van der Waals surface area contributed by atoms with E-state index in [1.165, 1.54) is 6.07 Å². The maximum atomic E-state index is 10.9. The molecular weight excluding hydrogens is 296 g/mol. The number of benzene rings is 2. The number of anilines is 1. The van der Waals surface area contributed by atoms with Crippen molar-refractivity contribution in [1.29, 1.82) is 0 Å². The smallest absolute Gasteiger partial charge is 0.272 e. The van der Waals surface area contributed by atoms with Gasteiger partial charge in [0.05, 0.1) is 4.92 Å². The first-order valence-corrected chi connectivity index (χ1v) is 7.29. The molecule has 0 aliphatic carbocycles. The Bertz CT molecular complexity index is 617. The van der Waals surface area contributed by atoms with Crippen LogP contribution in [0.1, 0.15) is 5.56 Å². The molecule has 0 radical (unpaired) electrons. The summed E-state index contributed by atoms with van der Waals surface area (Å²) < 4.78 is 0. The average molecular weight is 309 g/mol. The van der Waals surface area contributed by atoms with Gasteiger partial charge in [-0.15, -0.1) is 11.8 Å². The summed E-state index contributed by atoms with van der Waals surface area (Å²) >= 11 is 7.39. The van der Waals surface area contributed by atoms with Crippen LogP contribution in [-0.2, 0) is 5.75 Å². The van der Waals surface area contributed by atoms with Crippen molar-refractivity contribution in [3.63, 3.8) is 0 Å². The van der Waals surface area contributed by atoms with Crippen molar-refractivity contribution in [3.8, 4) is 0 Å². The first kappa shape index (κ1) is 14.7. The Kier molecular flexibility index (Phi) is 4.87. The molecule has 0 spiro atoms. The lowest BCUT2D eigenvalue weighted by Gasteiger charge is -2.06. The minimum Gasteiger partial charge on any atom is -0.388 e. The fourth-order valence-electron chi connectivity index (χ4n) is 1.66. The fourth-order valence-corrected chi connectivity index (χ4v) is 2.73. The molecule has 0 unspecified atom stereocenters. The van der Waals surface area contributed by atoms with E-state index < -0.39 is 0 Å². The summed E-state index contributed by atoms with van der Waals surface area (Å²) in [6.45, 7) is 0. The van der Waals surface area contributed by atoms with E-state index in [4.69, 9.17) is 11.6 Å². The van der Waals surface area contributed by atoms with E-state index in [0.717, 1.165) is 21.9 Å². The highest BCUT2D eigenvalue weighted by Crippen LogP contribution is 2.30. The number of nitro groups is 1. The summed E-state index contributed by atoms with van der Waals surface area (Å²) in [4.78, 5) is 11.4. The largest absolute Gasteiger partial charge is 0.388 e. The number of thioether (sulfide) groups is 1. The Balaban J connectivity index is 2.14. The Labute approximate surface area is 126 Å². The molecule has 1 N–H and O–H groups in total. The van der Waals surface area contributed by atoms with Gasteiger partial charge in [0.15, 0.2) is 0 Å². The molecular formula is C14H13ClN2O2S. The van der Waals surface area contributed by atoms with Gasteiger partial charge in [-0.1, -0.05) is 23.7 Å². The molecule has 0 aliphatic heterocycles. The van der Waals surface area contributed by atoms with Crippen molar-refractivity contribution in [2.75, 3.05) is 12.4 Å². The van der Waals surface area contributed by atoms with Crippen molar-refractivity contribution in [2.24, 2.45) is 0 Å². The summed E-state index contributed by atoms with van der Waals surface area (Å²) in [5.74, 6) is 0.738. The molecule has 0 atom stereocenters. The van der Waals surface area contributed by atoms with Crippen LogP contribution in [0.4, 0.5) is 11.4 Å². The minimum atomic E-state index is -0.382. The van der Waals surface area contributed by atoms with Gasteiger partial charge in [0.2, 0.25) is 0 Å². The van der Waals surface area contributed by atoms with Crippen LogP contribution in [0.2, 0.25) is 5.02 Å². The molecule has 0 heterocycles. The van der Waals surface area contributed by atoms with Crippen LogP contribution in [0.25, 0.3) is 0 Å². The highest BCUT2D eigenvalue weighted by atomic mass is 35.5. The molecule has 2 aromatic rings. The topological polar surface area (TPSA) is 55.2 Å². The van der Waals surface area contributed by atoms with Crippen LogP contribution in [0, 0.1) is 10.1 Å². The average Bonchev–Trinajstić information content (AvgIpc) is 2.46. The molecule has 6 heteroatoms. The third kappa shape index (κ3) is 3.88. The number of halogens is 1. The van der Waals surface area contributed by atoms with Crippen LogP contribution < -0.4 is 5.32 Å². The number of non-ortho nitro benzene ring substituents is 1. The molecule has 2 rings (SSSR count). The lowest BCUT2D eigenvalue weighted by molar-refractivity contribution is -0.385. The molecule has 104 valence electrons. The van der Waals surface area contributed by atoms with Gasteiger partial charge in [0.25, 0.3) is 5.69 Å². The summed E-state index contributed by atoms with van der Waals surface area (Å²) in [6.07, 6.45) is 0. The summed E-state index contributed by atoms with van der Waals surface area (Å²) in [7, 11) is 1.74. The van der Waals surface area contributed by atoms with Crippen molar-refractivity contribution < 1.29 is 4.92 Å². The predicted octanol–water partition coefficient (Wildman–Crippen LogP) is 4.58. The molecule has 0 saturated carbocycles. The third-order valence-corrected chi connectivity index (χ3v) is 4.01. The van der Waals surface area contributed by atoms with E-state index in [0.29, 0.717) is 5.02 Å². The molecule has 4 nitrogen and oxygen atoms in total. The van der Waals surface area contributed by atoms with Gasteiger partial charge in [-0.3, -0.25) is 10.1 Å². The van der Waals surface area contributed by atoms with Gasteiger partial charge in [0, 0.05) is 40.5 Å². The van der Waals surface area contributed by atoms with E-state index in [2.05, 4.69) is 5.32 Å². The second-order valence-electron chi connectivity index (χ2n) is 4.14. The van der Waals surface area contributed by atoms with Crippen molar-refractivity contribution in [2.45, 2.75) is 10.6 Å². The zero-order valence-electron chi connectivity index (χ0n) is 10.8. The number of nitrogens with zero attached hydrogens (tertiary/aromatic N) is 1. The van der Waals surface area contributed by atoms with Gasteiger partial charge in [-0.05, 0) is 23.8 Å². The first-order chi connectivity index (χ1) is 9.58. The fraction of sp³-hybridized carbons (Fsp3) is 0.143. The quantitative estimate of drug-likeness (QED) is 0.499. The Morgan fingerprint density at radius 1 is 1.25 bits per heavy atom. The van der Waals surface area contributed by atoms with E-state index in [-0.39, 0.29) is 10.6 Å². The van der Waals surface area contributed by atoms with Crippen LogP contribution >= 0.6 is 23.4 Å². The van der Waals surface area contributed by atoms with Crippen LogP contribution in [0.3, 0.4) is 0 Å². The lowest BCUT2D eigenvalue weighted by Crippen LogP contribution is -1.93. The van der Waals surface area contributed by atoms with Crippen LogP contribution in [0.5, 0.6) is 0 Å². The maximum Gasteiger partial charge on any atom is 0.272 e. The zero-order chi connectivity index (χ0) is 14.5. The molecule has 2 aromatic carbocycles. The number of nitro benzene ring substituents is 1. The maximum absolute atomic E-state index is 10.9. The number of hydrogen-bond donors (Lipinski definition) is 1. The van der Waals surface area contributed by atoms with E-state index in [1.807, 2.05) is 30.3 Å². The van der Waals surface area contributed by atoms with E-state index in [9.17, 15) is 10.1 Å². The van der Waals surface area contributed by atoms with Gasteiger partial charge < -0.3 is 5.32 Å². The highest BCUT2D eigenvalue weighted by Gasteiger charge is 2.09. The Morgan fingerprint density at radius 3 is 2.55 bits per heavy atom. The lowest BCUT2D eigenvalue weighted by atomic mass is 10.2. The monoisotopic (exact) mass is 308 g/mol. The second-order valence-corrected chi connectivity index (χ2v) is 5.62. The standard InChI is InChI=1S/C14H13ClN2O2S/c1-16-12-6-13(17(18)19)8-14(7-12)20-9-10-2-4-11(15)5-3-10/h2-8,16H,9H2,1H3. The second kappa shape index (κ2) is 6.63. The van der Waals surface area contributed by atoms with E-state index >= 15 is 0 Å². The molecule has 0 aromatic heterocycles. The Hall–Kier alpha value is -1.72. The predicted molar refractivity (Wildman–Crippen MR) is 83.7 cm³/mol. The summed E-state index contributed by atoms with van der Waals surface area (Å²) in [6, 6.07) is 12.6. The van der Waals surface area contributed by atoms with Crippen molar-refractivity contribution >= 4 is 34.7 Å². The zero-order valence-corrected chi connectivity index (χ0v) is 12.4. The highest BCUT2D eigenvalue weighted by molar-refractivity contribution is 7.98. The van der Waals surface area contributed by atoms with Gasteiger partial charge in [0.1, 0.15) is 0 Å². The number of rotatable bonds is 5. The van der Waals surface area contributed by atoms with E-state index in [1.54, 1.807) is 24.9 Å². The molecule has 0 amide bonds. The van der Waals surface area contributed by atoms with Gasteiger partial charge >= 0.3 is 0 Å². The normalized spacial score (nSPS) is 10.3. The number of hydrogen-bond acceptors (Lipinski definition) is 4. The van der Waals surface area contributed by atoms with Crippen LogP contribution in [0.15, 0.2) is 47.4 Å². The van der Waals surface area contributed by atoms with Crippen molar-refractivity contribution in [3.05, 3.63) is 63.2 Å². The first-order valence-electron chi connectivity index (χ1n) is 5.93. The molecule has 0 fully saturated rings. The van der Waals surface area contributed by atoms with Gasteiger partial charge in [-0.25, -0.2) is 0 Å². The molecule has 0 aliphatic rings.